The molecule has 0 saturated heterocycles. The van der Waals surface area contributed by atoms with Gasteiger partial charge in [-0.25, -0.2) is 0 Å². The number of thioether (sulfide) groups is 1. The van der Waals surface area contributed by atoms with Gasteiger partial charge in [-0.05, 0) is 56.3 Å². The van der Waals surface area contributed by atoms with E-state index in [4.69, 9.17) is 4.74 Å². The highest BCUT2D eigenvalue weighted by atomic mass is 32.2. The number of carbonyl (C=O) groups is 3. The van der Waals surface area contributed by atoms with E-state index in [0.717, 1.165) is 11.3 Å². The summed E-state index contributed by atoms with van der Waals surface area (Å²) in [5, 5.41) is 2.82. The second-order valence-electron chi connectivity index (χ2n) is 6.63. The largest absolute Gasteiger partial charge is 0.494 e. The number of anilines is 1. The van der Waals surface area contributed by atoms with Crippen LogP contribution in [0, 0.1) is 0 Å². The molecule has 0 fully saturated rings. The SMILES string of the molecule is CCOc1ccc(C(C)=O)cc1CSCC(=O)Nc1ccc(C(=O)N(C)C)cc1. The number of Topliss-reactive ketones (excluding diaryl/α,β-unsaturated/α-hetero) is 1. The molecule has 2 aromatic rings. The summed E-state index contributed by atoms with van der Waals surface area (Å²) < 4.78 is 5.62. The van der Waals surface area contributed by atoms with Gasteiger partial charge in [-0.1, -0.05) is 0 Å². The molecule has 0 unspecified atom stereocenters. The van der Waals surface area contributed by atoms with Crippen LogP contribution in [0.2, 0.25) is 0 Å². The molecule has 1 N–H and O–H groups in total. The molecular formula is C22H26N2O4S. The maximum Gasteiger partial charge on any atom is 0.253 e. The van der Waals surface area contributed by atoms with E-state index in [0.29, 0.717) is 29.2 Å². The average molecular weight is 415 g/mol. The summed E-state index contributed by atoms with van der Waals surface area (Å²) in [6, 6.07) is 12.2. The van der Waals surface area contributed by atoms with Crippen LogP contribution in [0.5, 0.6) is 5.75 Å². The standard InChI is InChI=1S/C22H26N2O4S/c1-5-28-20-11-8-17(15(2)25)12-18(20)13-29-14-21(26)23-19-9-6-16(7-10-19)22(27)24(3)4/h6-12H,5,13-14H2,1-4H3,(H,23,26). The fourth-order valence-corrected chi connectivity index (χ4v) is 3.42. The smallest absolute Gasteiger partial charge is 0.253 e. The normalized spacial score (nSPS) is 10.3. The van der Waals surface area contributed by atoms with Crippen LogP contribution in [-0.2, 0) is 10.5 Å². The van der Waals surface area contributed by atoms with Crippen molar-refractivity contribution in [2.75, 3.05) is 31.8 Å². The van der Waals surface area contributed by atoms with Crippen molar-refractivity contribution in [2.24, 2.45) is 0 Å². The minimum Gasteiger partial charge on any atom is -0.494 e. The fourth-order valence-electron chi connectivity index (χ4n) is 2.61. The first kappa shape index (κ1) is 22.5. The van der Waals surface area contributed by atoms with Gasteiger partial charge in [0.2, 0.25) is 5.91 Å². The quantitative estimate of drug-likeness (QED) is 0.631. The minimum atomic E-state index is -0.137. The maximum absolute atomic E-state index is 12.2. The maximum atomic E-state index is 12.2. The average Bonchev–Trinajstić information content (AvgIpc) is 2.69. The highest BCUT2D eigenvalue weighted by Gasteiger charge is 2.11. The Labute approximate surface area is 175 Å². The third-order valence-corrected chi connectivity index (χ3v) is 5.06. The number of nitrogens with zero attached hydrogens (tertiary/aromatic N) is 1. The van der Waals surface area contributed by atoms with Crippen LogP contribution in [0.3, 0.4) is 0 Å². The molecule has 6 nitrogen and oxygen atoms in total. The predicted molar refractivity (Wildman–Crippen MR) is 117 cm³/mol. The van der Waals surface area contributed by atoms with Crippen LogP contribution in [0.15, 0.2) is 42.5 Å². The second-order valence-corrected chi connectivity index (χ2v) is 7.62. The van der Waals surface area contributed by atoms with Gasteiger partial charge in [0.05, 0.1) is 12.4 Å². The third kappa shape index (κ3) is 6.64. The van der Waals surface area contributed by atoms with Crippen molar-refractivity contribution in [2.45, 2.75) is 19.6 Å². The summed E-state index contributed by atoms with van der Waals surface area (Å²) in [7, 11) is 3.39. The van der Waals surface area contributed by atoms with Gasteiger partial charge in [0.1, 0.15) is 5.75 Å². The van der Waals surface area contributed by atoms with Crippen LogP contribution >= 0.6 is 11.8 Å². The topological polar surface area (TPSA) is 75.7 Å². The highest BCUT2D eigenvalue weighted by Crippen LogP contribution is 2.25. The zero-order chi connectivity index (χ0) is 21.4. The van der Waals surface area contributed by atoms with Gasteiger partial charge in [-0.2, -0.15) is 0 Å². The Hall–Kier alpha value is -2.80. The van der Waals surface area contributed by atoms with E-state index < -0.39 is 0 Å². The van der Waals surface area contributed by atoms with Gasteiger partial charge < -0.3 is 15.0 Å². The van der Waals surface area contributed by atoms with Gasteiger partial charge in [0, 0.05) is 42.2 Å². The molecular weight excluding hydrogens is 388 g/mol. The summed E-state index contributed by atoms with van der Waals surface area (Å²) in [6.45, 7) is 3.96. The van der Waals surface area contributed by atoms with Crippen molar-refractivity contribution in [1.82, 2.24) is 4.90 Å². The van der Waals surface area contributed by atoms with Crippen molar-refractivity contribution in [3.05, 3.63) is 59.2 Å². The minimum absolute atomic E-state index is 0.00626. The lowest BCUT2D eigenvalue weighted by Gasteiger charge is -2.12. The Morgan fingerprint density at radius 3 is 2.28 bits per heavy atom. The van der Waals surface area contributed by atoms with E-state index in [1.807, 2.05) is 13.0 Å². The van der Waals surface area contributed by atoms with Crippen molar-refractivity contribution in [3.63, 3.8) is 0 Å². The molecule has 0 bridgehead atoms. The van der Waals surface area contributed by atoms with Crippen molar-refractivity contribution < 1.29 is 19.1 Å². The first-order chi connectivity index (χ1) is 13.8. The summed E-state index contributed by atoms with van der Waals surface area (Å²) >= 11 is 1.44. The fraction of sp³-hybridized carbons (Fsp3) is 0.318. The first-order valence-electron chi connectivity index (χ1n) is 9.27. The molecule has 7 heteroatoms. The molecule has 0 heterocycles. The lowest BCUT2D eigenvalue weighted by molar-refractivity contribution is -0.113. The Bertz CT molecular complexity index is 879. The van der Waals surface area contributed by atoms with E-state index >= 15 is 0 Å². The van der Waals surface area contributed by atoms with Crippen molar-refractivity contribution in [3.8, 4) is 5.75 Å². The van der Waals surface area contributed by atoms with Crippen LogP contribution in [-0.4, -0.2) is 49.0 Å². The first-order valence-corrected chi connectivity index (χ1v) is 10.4. The van der Waals surface area contributed by atoms with E-state index in [2.05, 4.69) is 5.32 Å². The Morgan fingerprint density at radius 1 is 1.03 bits per heavy atom. The van der Waals surface area contributed by atoms with Gasteiger partial charge in [0.25, 0.3) is 5.91 Å². The molecule has 2 rings (SSSR count). The van der Waals surface area contributed by atoms with Crippen molar-refractivity contribution >= 4 is 35.0 Å². The molecule has 0 spiro atoms. The number of ether oxygens (including phenoxy) is 1. The number of hydrogen-bond acceptors (Lipinski definition) is 5. The van der Waals surface area contributed by atoms with E-state index in [1.54, 1.807) is 50.5 Å². The molecule has 2 aromatic carbocycles. The van der Waals surface area contributed by atoms with E-state index in [1.165, 1.54) is 23.6 Å². The highest BCUT2D eigenvalue weighted by molar-refractivity contribution is 7.99. The van der Waals surface area contributed by atoms with Crippen LogP contribution < -0.4 is 10.1 Å². The van der Waals surface area contributed by atoms with Gasteiger partial charge in [-0.3, -0.25) is 14.4 Å². The molecule has 0 aromatic heterocycles. The number of ketones is 1. The number of benzene rings is 2. The number of rotatable bonds is 9. The summed E-state index contributed by atoms with van der Waals surface area (Å²) in [5.41, 5.74) is 2.72. The Morgan fingerprint density at radius 2 is 1.69 bits per heavy atom. The molecule has 0 aliphatic heterocycles. The number of amides is 2. The van der Waals surface area contributed by atoms with Crippen LogP contribution in [0.4, 0.5) is 5.69 Å². The zero-order valence-electron chi connectivity index (χ0n) is 17.2. The molecule has 0 aliphatic rings. The number of nitrogens with one attached hydrogen (secondary N) is 1. The van der Waals surface area contributed by atoms with Gasteiger partial charge in [0.15, 0.2) is 5.78 Å². The molecule has 29 heavy (non-hydrogen) atoms. The van der Waals surface area contributed by atoms with E-state index in [-0.39, 0.29) is 23.4 Å². The molecule has 0 aliphatic carbocycles. The van der Waals surface area contributed by atoms with Crippen LogP contribution in [0.25, 0.3) is 0 Å². The summed E-state index contributed by atoms with van der Waals surface area (Å²) in [4.78, 5) is 37.2. The van der Waals surface area contributed by atoms with Gasteiger partial charge >= 0.3 is 0 Å². The zero-order valence-corrected chi connectivity index (χ0v) is 18.0. The number of hydrogen-bond donors (Lipinski definition) is 1. The lowest BCUT2D eigenvalue weighted by atomic mass is 10.1. The van der Waals surface area contributed by atoms with Crippen molar-refractivity contribution in [1.29, 1.82) is 0 Å². The molecule has 0 radical (unpaired) electrons. The Kier molecular flexibility index (Phi) is 8.27. The Balaban J connectivity index is 1.92. The second kappa shape index (κ2) is 10.7. The third-order valence-electron chi connectivity index (χ3n) is 4.08. The number of carbonyl (C=O) groups excluding carboxylic acids is 3. The lowest BCUT2D eigenvalue weighted by Crippen LogP contribution is -2.21. The molecule has 2 amide bonds. The molecule has 0 saturated carbocycles. The molecule has 154 valence electrons. The summed E-state index contributed by atoms with van der Waals surface area (Å²) in [5.74, 6) is 1.31. The van der Waals surface area contributed by atoms with Crippen LogP contribution in [0.1, 0.15) is 40.1 Å². The monoisotopic (exact) mass is 414 g/mol. The summed E-state index contributed by atoms with van der Waals surface area (Å²) in [6.07, 6.45) is 0. The van der Waals surface area contributed by atoms with Gasteiger partial charge in [-0.15, -0.1) is 11.8 Å². The van der Waals surface area contributed by atoms with E-state index in [9.17, 15) is 14.4 Å². The molecule has 0 atom stereocenters. The predicted octanol–water partition coefficient (Wildman–Crippen LogP) is 3.86.